The highest BCUT2D eigenvalue weighted by Gasteiger charge is 2.19. The highest BCUT2D eigenvalue weighted by molar-refractivity contribution is 5.79. The van der Waals surface area contributed by atoms with E-state index in [1.54, 1.807) is 12.1 Å². The molecule has 2 unspecified atom stereocenters. The third kappa shape index (κ3) is 8.31. The lowest BCUT2D eigenvalue weighted by Crippen LogP contribution is -2.49. The summed E-state index contributed by atoms with van der Waals surface area (Å²) in [4.78, 5) is 26.2. The molecule has 2 aromatic carbocycles. The summed E-state index contributed by atoms with van der Waals surface area (Å²) in [5.74, 6) is -1.43. The van der Waals surface area contributed by atoms with Crippen molar-refractivity contribution in [1.82, 2.24) is 15.5 Å². The quantitative estimate of drug-likeness (QED) is 0.570. The first kappa shape index (κ1) is 22.4. The fourth-order valence-corrected chi connectivity index (χ4v) is 3.13. The highest BCUT2D eigenvalue weighted by atomic mass is 19.1. The van der Waals surface area contributed by atoms with Gasteiger partial charge in [0, 0.05) is 19.1 Å². The molecule has 0 bridgehead atoms. The molecule has 2 rings (SSSR count). The molecule has 0 aliphatic rings. The summed E-state index contributed by atoms with van der Waals surface area (Å²) in [5, 5.41) is 5.71. The molecule has 0 heterocycles. The summed E-state index contributed by atoms with van der Waals surface area (Å²) in [6.45, 7) is 0.787. The highest BCUT2D eigenvalue weighted by Crippen LogP contribution is 2.10. The van der Waals surface area contributed by atoms with E-state index < -0.39 is 11.8 Å². The van der Waals surface area contributed by atoms with Crippen LogP contribution in [0.4, 0.5) is 9.18 Å². The van der Waals surface area contributed by atoms with E-state index in [1.165, 1.54) is 12.1 Å². The van der Waals surface area contributed by atoms with Gasteiger partial charge in [0.1, 0.15) is 5.82 Å². The van der Waals surface area contributed by atoms with Gasteiger partial charge in [-0.25, -0.2) is 9.18 Å². The second-order valence-corrected chi connectivity index (χ2v) is 7.43. The van der Waals surface area contributed by atoms with Crippen LogP contribution < -0.4 is 16.4 Å². The summed E-state index contributed by atoms with van der Waals surface area (Å²) >= 11 is 0. The maximum absolute atomic E-state index is 13.0. The largest absolute Gasteiger partial charge is 0.369 e. The molecule has 0 saturated carbocycles. The van der Waals surface area contributed by atoms with Gasteiger partial charge in [-0.15, -0.1) is 0 Å². The number of nitrogens with two attached hydrogens (primary N) is 1. The fourth-order valence-electron chi connectivity index (χ4n) is 3.13. The van der Waals surface area contributed by atoms with E-state index in [2.05, 4.69) is 10.6 Å². The number of nitrogens with one attached hydrogen (secondary N) is 2. The molecule has 0 fully saturated rings. The predicted octanol–water partition coefficient (Wildman–Crippen LogP) is 1.94. The Labute approximate surface area is 171 Å². The number of likely N-dealkylation sites (N-methyl/N-ethyl adjacent to an activating group) is 1. The molecule has 0 radical (unpaired) electrons. The summed E-state index contributed by atoms with van der Waals surface area (Å²) in [7, 11) is 3.90. The van der Waals surface area contributed by atoms with Gasteiger partial charge < -0.3 is 21.3 Å². The Bertz CT molecular complexity index is 781. The van der Waals surface area contributed by atoms with Crippen LogP contribution in [0.1, 0.15) is 11.1 Å². The number of benzene rings is 2. The number of primary amides is 1. The molecule has 3 amide bonds. The van der Waals surface area contributed by atoms with Crippen LogP contribution in [0.25, 0.3) is 0 Å². The van der Waals surface area contributed by atoms with E-state index in [4.69, 9.17) is 5.73 Å². The molecule has 2 aromatic rings. The predicted molar refractivity (Wildman–Crippen MR) is 112 cm³/mol. The Morgan fingerprint density at radius 1 is 1.00 bits per heavy atom. The zero-order valence-corrected chi connectivity index (χ0v) is 16.9. The molecule has 6 nitrogen and oxygen atoms in total. The Morgan fingerprint density at radius 3 is 2.21 bits per heavy atom. The molecule has 4 N–H and O–H groups in total. The average Bonchev–Trinajstić information content (AvgIpc) is 2.66. The monoisotopic (exact) mass is 400 g/mol. The molecule has 0 aliphatic heterocycles. The number of amides is 3. The Hall–Kier alpha value is -2.93. The first-order valence-electron chi connectivity index (χ1n) is 9.60. The second kappa shape index (κ2) is 11.2. The van der Waals surface area contributed by atoms with Gasteiger partial charge in [-0.1, -0.05) is 42.5 Å². The Balaban J connectivity index is 1.91. The zero-order chi connectivity index (χ0) is 21.2. The van der Waals surface area contributed by atoms with E-state index in [1.807, 2.05) is 49.3 Å². The molecule has 29 heavy (non-hydrogen) atoms. The number of halogens is 1. The van der Waals surface area contributed by atoms with E-state index in [0.717, 1.165) is 11.1 Å². The van der Waals surface area contributed by atoms with Crippen molar-refractivity contribution in [3.8, 4) is 0 Å². The maximum atomic E-state index is 13.0. The number of hydrogen-bond acceptors (Lipinski definition) is 3. The Kier molecular flexibility index (Phi) is 8.61. The van der Waals surface area contributed by atoms with Crippen molar-refractivity contribution >= 4 is 11.9 Å². The topological polar surface area (TPSA) is 87.5 Å². The smallest absolute Gasteiger partial charge is 0.315 e. The minimum Gasteiger partial charge on any atom is -0.369 e. The first-order chi connectivity index (χ1) is 13.8. The zero-order valence-electron chi connectivity index (χ0n) is 16.9. The number of nitrogens with zero attached hydrogens (tertiary/aromatic N) is 1. The number of urea groups is 1. The molecule has 7 heteroatoms. The lowest BCUT2D eigenvalue weighted by atomic mass is 9.98. The molecule has 0 spiro atoms. The number of rotatable bonds is 10. The first-order valence-corrected chi connectivity index (χ1v) is 9.60. The van der Waals surface area contributed by atoms with Gasteiger partial charge in [-0.3, -0.25) is 4.79 Å². The summed E-state index contributed by atoms with van der Waals surface area (Å²) in [5.41, 5.74) is 7.39. The van der Waals surface area contributed by atoms with Crippen molar-refractivity contribution < 1.29 is 14.0 Å². The number of hydrogen-bond donors (Lipinski definition) is 3. The molecule has 156 valence electrons. The van der Waals surface area contributed by atoms with Crippen LogP contribution >= 0.6 is 0 Å². The van der Waals surface area contributed by atoms with Crippen molar-refractivity contribution in [2.45, 2.75) is 18.9 Å². The van der Waals surface area contributed by atoms with Crippen LogP contribution in [0.2, 0.25) is 0 Å². The normalized spacial score (nSPS) is 13.0. The van der Waals surface area contributed by atoms with Gasteiger partial charge in [0.2, 0.25) is 5.91 Å². The molecular weight excluding hydrogens is 371 g/mol. The van der Waals surface area contributed by atoms with Gasteiger partial charge in [-0.2, -0.15) is 0 Å². The lowest BCUT2D eigenvalue weighted by Gasteiger charge is -2.23. The number of carbonyl (C=O) groups is 2. The standard InChI is InChI=1S/C22H29FN4O2/c1-27(2)15-20(13-16-6-4-3-5-7-16)26-22(29)25-14-18(21(24)28)12-17-8-10-19(23)11-9-17/h3-11,18,20H,12-15H2,1-2H3,(H2,24,28)(H2,25,26,29). The molecule has 2 atom stereocenters. The third-order valence-electron chi connectivity index (χ3n) is 4.55. The van der Waals surface area contributed by atoms with Crippen molar-refractivity contribution in [3.63, 3.8) is 0 Å². The Morgan fingerprint density at radius 2 is 1.62 bits per heavy atom. The minimum atomic E-state index is -0.576. The molecule has 0 saturated heterocycles. The fraction of sp³-hybridized carbons (Fsp3) is 0.364. The van der Waals surface area contributed by atoms with Gasteiger partial charge in [0.05, 0.1) is 5.92 Å². The van der Waals surface area contributed by atoms with Crippen molar-refractivity contribution in [1.29, 1.82) is 0 Å². The van der Waals surface area contributed by atoms with E-state index >= 15 is 0 Å². The van der Waals surface area contributed by atoms with E-state index in [9.17, 15) is 14.0 Å². The molecular formula is C22H29FN4O2. The lowest BCUT2D eigenvalue weighted by molar-refractivity contribution is -0.121. The van der Waals surface area contributed by atoms with Crippen LogP contribution in [-0.4, -0.2) is 50.1 Å². The summed E-state index contributed by atoms with van der Waals surface area (Å²) in [6, 6.07) is 15.4. The maximum Gasteiger partial charge on any atom is 0.315 e. The second-order valence-electron chi connectivity index (χ2n) is 7.43. The summed E-state index contributed by atoms with van der Waals surface area (Å²) < 4.78 is 13.0. The summed E-state index contributed by atoms with van der Waals surface area (Å²) in [6.07, 6.45) is 1.03. The van der Waals surface area contributed by atoms with E-state index in [-0.39, 0.29) is 24.4 Å². The van der Waals surface area contributed by atoms with Gasteiger partial charge >= 0.3 is 6.03 Å². The van der Waals surface area contributed by atoms with Crippen LogP contribution in [0.3, 0.4) is 0 Å². The third-order valence-corrected chi connectivity index (χ3v) is 4.55. The SMILES string of the molecule is CN(C)CC(Cc1ccccc1)NC(=O)NCC(Cc1ccc(F)cc1)C(N)=O. The van der Waals surface area contributed by atoms with Crippen molar-refractivity contribution in [2.75, 3.05) is 27.2 Å². The van der Waals surface area contributed by atoms with Crippen molar-refractivity contribution in [3.05, 3.63) is 71.5 Å². The van der Waals surface area contributed by atoms with E-state index in [0.29, 0.717) is 19.4 Å². The van der Waals surface area contributed by atoms with Crippen LogP contribution in [0, 0.1) is 11.7 Å². The van der Waals surface area contributed by atoms with Crippen molar-refractivity contribution in [2.24, 2.45) is 11.7 Å². The molecule has 0 aliphatic carbocycles. The minimum absolute atomic E-state index is 0.0865. The van der Waals surface area contributed by atoms with Gasteiger partial charge in [0.25, 0.3) is 0 Å². The number of carbonyl (C=O) groups excluding carboxylic acids is 2. The average molecular weight is 400 g/mol. The molecule has 0 aromatic heterocycles. The van der Waals surface area contributed by atoms with Crippen LogP contribution in [0.15, 0.2) is 54.6 Å². The van der Waals surface area contributed by atoms with Gasteiger partial charge in [0.15, 0.2) is 0 Å². The van der Waals surface area contributed by atoms with Gasteiger partial charge in [-0.05, 0) is 50.2 Å². The van der Waals surface area contributed by atoms with Crippen LogP contribution in [0.5, 0.6) is 0 Å². The van der Waals surface area contributed by atoms with Crippen LogP contribution in [-0.2, 0) is 17.6 Å².